The molecule has 0 radical (unpaired) electrons. The van der Waals surface area contributed by atoms with Crippen LogP contribution in [0.5, 0.6) is 0 Å². The Morgan fingerprint density at radius 3 is 2.89 bits per heavy atom. The van der Waals surface area contributed by atoms with E-state index in [1.54, 1.807) is 18.4 Å². The van der Waals surface area contributed by atoms with Crippen molar-refractivity contribution in [2.45, 2.75) is 58.3 Å². The summed E-state index contributed by atoms with van der Waals surface area (Å²) in [6.45, 7) is 5.65. The minimum Gasteiger partial charge on any atom is -0.378 e. The molecular formula is C13H23N3OS. The molecule has 0 bridgehead atoms. The molecule has 102 valence electrons. The van der Waals surface area contributed by atoms with Gasteiger partial charge < -0.3 is 15.4 Å². The number of rotatable bonds is 5. The standard InChI is InChI=1S/C13H23N3OS/c1-4-10-6-5-9(2)16(10)13-15-11(8-17-3)12(7-14)18-13/h9-10H,4-8,14H2,1-3H3. The van der Waals surface area contributed by atoms with Crippen molar-refractivity contribution in [1.29, 1.82) is 0 Å². The molecule has 2 rings (SSSR count). The third-order valence-corrected chi connectivity index (χ3v) is 4.84. The van der Waals surface area contributed by atoms with Gasteiger partial charge in [0.15, 0.2) is 5.13 Å². The SMILES string of the molecule is CCC1CCC(C)N1c1nc(COC)c(CN)s1. The van der Waals surface area contributed by atoms with E-state index in [0.29, 0.717) is 25.2 Å². The van der Waals surface area contributed by atoms with Crippen LogP contribution >= 0.6 is 11.3 Å². The first-order valence-electron chi connectivity index (χ1n) is 6.67. The molecule has 2 N–H and O–H groups in total. The molecule has 1 fully saturated rings. The summed E-state index contributed by atoms with van der Waals surface area (Å²) < 4.78 is 5.20. The van der Waals surface area contributed by atoms with Crippen LogP contribution in [0.2, 0.25) is 0 Å². The number of nitrogens with zero attached hydrogens (tertiary/aromatic N) is 2. The number of hydrogen-bond donors (Lipinski definition) is 1. The summed E-state index contributed by atoms with van der Waals surface area (Å²) in [5, 5.41) is 1.12. The predicted molar refractivity (Wildman–Crippen MR) is 76.0 cm³/mol. The van der Waals surface area contributed by atoms with Gasteiger partial charge in [0.25, 0.3) is 0 Å². The average molecular weight is 269 g/mol. The first-order valence-corrected chi connectivity index (χ1v) is 7.48. The molecule has 0 spiro atoms. The number of aromatic nitrogens is 1. The molecule has 1 aliphatic rings. The van der Waals surface area contributed by atoms with Gasteiger partial charge in [-0.05, 0) is 26.2 Å². The van der Waals surface area contributed by atoms with Crippen LogP contribution in [0.1, 0.15) is 43.7 Å². The Bertz CT molecular complexity index is 394. The quantitative estimate of drug-likeness (QED) is 0.892. The van der Waals surface area contributed by atoms with E-state index in [1.807, 2.05) is 0 Å². The third-order valence-electron chi connectivity index (χ3n) is 3.71. The van der Waals surface area contributed by atoms with Crippen molar-refractivity contribution in [2.75, 3.05) is 12.0 Å². The van der Waals surface area contributed by atoms with Gasteiger partial charge in [0.1, 0.15) is 0 Å². The molecule has 2 unspecified atom stereocenters. The minimum absolute atomic E-state index is 0.551. The Morgan fingerprint density at radius 1 is 1.50 bits per heavy atom. The minimum atomic E-state index is 0.551. The second-order valence-electron chi connectivity index (χ2n) is 4.90. The highest BCUT2D eigenvalue weighted by Crippen LogP contribution is 2.36. The molecule has 0 amide bonds. The highest BCUT2D eigenvalue weighted by molar-refractivity contribution is 7.15. The molecule has 1 aromatic rings. The summed E-state index contributed by atoms with van der Waals surface area (Å²) in [4.78, 5) is 8.37. The average Bonchev–Trinajstić information content (AvgIpc) is 2.92. The second-order valence-corrected chi connectivity index (χ2v) is 5.96. The van der Waals surface area contributed by atoms with Gasteiger partial charge in [-0.25, -0.2) is 4.98 Å². The van der Waals surface area contributed by atoms with E-state index in [0.717, 1.165) is 15.7 Å². The summed E-state index contributed by atoms with van der Waals surface area (Å²) in [5.74, 6) is 0. The van der Waals surface area contributed by atoms with Crippen molar-refractivity contribution in [2.24, 2.45) is 5.73 Å². The predicted octanol–water partition coefficient (Wildman–Crippen LogP) is 2.52. The highest BCUT2D eigenvalue weighted by atomic mass is 32.1. The molecule has 4 nitrogen and oxygen atoms in total. The van der Waals surface area contributed by atoms with Crippen molar-refractivity contribution in [3.8, 4) is 0 Å². The maximum Gasteiger partial charge on any atom is 0.186 e. The van der Waals surface area contributed by atoms with Crippen LogP contribution in [0.3, 0.4) is 0 Å². The van der Waals surface area contributed by atoms with Crippen LogP contribution in [0, 0.1) is 0 Å². The lowest BCUT2D eigenvalue weighted by atomic mass is 10.2. The van der Waals surface area contributed by atoms with Gasteiger partial charge in [-0.15, -0.1) is 11.3 Å². The number of ether oxygens (including phenoxy) is 1. The first kappa shape index (κ1) is 13.8. The van der Waals surface area contributed by atoms with E-state index in [1.165, 1.54) is 19.3 Å². The van der Waals surface area contributed by atoms with E-state index in [9.17, 15) is 0 Å². The Kier molecular flexibility index (Phi) is 4.59. The smallest absolute Gasteiger partial charge is 0.186 e. The molecule has 2 heterocycles. The van der Waals surface area contributed by atoms with Crippen LogP contribution in [-0.4, -0.2) is 24.2 Å². The molecule has 0 aromatic carbocycles. The van der Waals surface area contributed by atoms with Crippen LogP contribution in [-0.2, 0) is 17.9 Å². The van der Waals surface area contributed by atoms with Gasteiger partial charge in [0, 0.05) is 30.6 Å². The van der Waals surface area contributed by atoms with Crippen molar-refractivity contribution in [3.05, 3.63) is 10.6 Å². The molecular weight excluding hydrogens is 246 g/mol. The summed E-state index contributed by atoms with van der Waals surface area (Å²) in [7, 11) is 1.70. The number of nitrogens with two attached hydrogens (primary N) is 1. The fourth-order valence-corrected chi connectivity index (χ4v) is 3.82. The molecule has 1 aromatic heterocycles. The van der Waals surface area contributed by atoms with Crippen molar-refractivity contribution in [1.82, 2.24) is 4.98 Å². The number of hydrogen-bond acceptors (Lipinski definition) is 5. The molecule has 1 saturated heterocycles. The van der Waals surface area contributed by atoms with Gasteiger partial charge in [0.05, 0.1) is 12.3 Å². The van der Waals surface area contributed by atoms with E-state index in [4.69, 9.17) is 15.5 Å². The lowest BCUT2D eigenvalue weighted by Crippen LogP contribution is -2.33. The molecule has 0 aliphatic carbocycles. The van der Waals surface area contributed by atoms with Crippen molar-refractivity contribution >= 4 is 16.5 Å². The van der Waals surface area contributed by atoms with E-state index in [-0.39, 0.29) is 0 Å². The van der Waals surface area contributed by atoms with Gasteiger partial charge in [-0.3, -0.25) is 0 Å². The lowest BCUT2D eigenvalue weighted by molar-refractivity contribution is 0.181. The maximum absolute atomic E-state index is 5.79. The lowest BCUT2D eigenvalue weighted by Gasteiger charge is -2.27. The van der Waals surface area contributed by atoms with Crippen molar-refractivity contribution < 1.29 is 4.74 Å². The fraction of sp³-hybridized carbons (Fsp3) is 0.769. The number of thiazole rings is 1. The first-order chi connectivity index (χ1) is 8.71. The summed E-state index contributed by atoms with van der Waals surface area (Å²) in [5.41, 5.74) is 6.80. The van der Waals surface area contributed by atoms with Crippen LogP contribution in [0.25, 0.3) is 0 Å². The topological polar surface area (TPSA) is 51.4 Å². The highest BCUT2D eigenvalue weighted by Gasteiger charge is 2.31. The van der Waals surface area contributed by atoms with Crippen LogP contribution in [0.4, 0.5) is 5.13 Å². The summed E-state index contributed by atoms with van der Waals surface area (Å²) >= 11 is 1.73. The van der Waals surface area contributed by atoms with Crippen molar-refractivity contribution in [3.63, 3.8) is 0 Å². The Balaban J connectivity index is 2.26. The largest absolute Gasteiger partial charge is 0.378 e. The zero-order chi connectivity index (χ0) is 13.1. The summed E-state index contributed by atoms with van der Waals surface area (Å²) in [6, 6.07) is 1.22. The van der Waals surface area contributed by atoms with Crippen LogP contribution < -0.4 is 10.6 Å². The third kappa shape index (κ3) is 2.53. The van der Waals surface area contributed by atoms with Gasteiger partial charge in [-0.1, -0.05) is 6.92 Å². The van der Waals surface area contributed by atoms with Crippen LogP contribution in [0.15, 0.2) is 0 Å². The monoisotopic (exact) mass is 269 g/mol. The molecule has 18 heavy (non-hydrogen) atoms. The molecule has 2 atom stereocenters. The Hall–Kier alpha value is -0.650. The zero-order valence-corrected chi connectivity index (χ0v) is 12.3. The maximum atomic E-state index is 5.79. The number of methoxy groups -OCH3 is 1. The zero-order valence-electron chi connectivity index (χ0n) is 11.5. The Morgan fingerprint density at radius 2 is 2.28 bits per heavy atom. The van der Waals surface area contributed by atoms with E-state index >= 15 is 0 Å². The van der Waals surface area contributed by atoms with Gasteiger partial charge >= 0.3 is 0 Å². The fourth-order valence-electron chi connectivity index (χ4n) is 2.71. The van der Waals surface area contributed by atoms with E-state index in [2.05, 4.69) is 18.7 Å². The summed E-state index contributed by atoms with van der Waals surface area (Å²) in [6.07, 6.45) is 3.71. The second kappa shape index (κ2) is 5.99. The molecule has 5 heteroatoms. The Labute approximate surface area is 113 Å². The number of anilines is 1. The van der Waals surface area contributed by atoms with Gasteiger partial charge in [-0.2, -0.15) is 0 Å². The van der Waals surface area contributed by atoms with E-state index < -0.39 is 0 Å². The molecule has 1 aliphatic heterocycles. The molecule has 0 saturated carbocycles. The normalized spacial score (nSPS) is 23.9. The van der Waals surface area contributed by atoms with Gasteiger partial charge in [0.2, 0.25) is 0 Å².